The van der Waals surface area contributed by atoms with E-state index < -0.39 is 31.3 Å². The van der Waals surface area contributed by atoms with E-state index in [4.69, 9.17) is 54.3 Å². The fourth-order valence-corrected chi connectivity index (χ4v) is 4.89. The zero-order valence-corrected chi connectivity index (χ0v) is 33.8. The summed E-state index contributed by atoms with van der Waals surface area (Å²) in [5.74, 6) is 0.347. The number of aromatic hydroxyl groups is 2. The summed E-state index contributed by atoms with van der Waals surface area (Å²) in [6.45, 7) is 15.9. The van der Waals surface area contributed by atoms with Crippen molar-refractivity contribution in [1.82, 2.24) is 0 Å². The number of nitriles is 3. The summed E-state index contributed by atoms with van der Waals surface area (Å²) in [5.41, 5.74) is 0.380. The second kappa shape index (κ2) is 18.8. The molecule has 4 aromatic carbocycles. The average Bonchev–Trinajstić information content (AvgIpc) is 3.51. The van der Waals surface area contributed by atoms with Gasteiger partial charge < -0.3 is 43.6 Å². The first-order chi connectivity index (χ1) is 26.1. The first-order valence-electron chi connectivity index (χ1n) is 17.0. The van der Waals surface area contributed by atoms with Crippen LogP contribution < -0.4 is 15.7 Å². The average molecular weight is 827 g/mol. The predicted molar refractivity (Wildman–Crippen MR) is 213 cm³/mol. The third kappa shape index (κ3) is 11.8. The lowest BCUT2D eigenvalue weighted by atomic mass is 9.76. The number of halogens is 2. The van der Waals surface area contributed by atoms with Crippen LogP contribution in [0.2, 0.25) is 0 Å². The van der Waals surface area contributed by atoms with Gasteiger partial charge >= 0.3 is 21.9 Å². The van der Waals surface area contributed by atoms with Gasteiger partial charge in [0, 0.05) is 21.5 Å². The van der Waals surface area contributed by atoms with Gasteiger partial charge in [-0.25, -0.2) is 4.39 Å². The summed E-state index contributed by atoms with van der Waals surface area (Å²) < 4.78 is 41.2. The maximum absolute atomic E-state index is 13.0. The van der Waals surface area contributed by atoms with Gasteiger partial charge in [-0.2, -0.15) is 15.8 Å². The highest BCUT2D eigenvalue weighted by molar-refractivity contribution is 9.10. The normalized spacial score (nSPS) is 16.3. The molecule has 6 rings (SSSR count). The molecule has 2 fully saturated rings. The maximum Gasteiger partial charge on any atom is 0.496 e. The molecule has 4 aromatic rings. The molecule has 1 radical (unpaired) electrons. The molecule has 0 aliphatic carbocycles. The predicted octanol–water partition coefficient (Wildman–Crippen LogP) is 5.88. The molecule has 0 spiro atoms. The summed E-state index contributed by atoms with van der Waals surface area (Å²) in [7, 11) is -0.886. The van der Waals surface area contributed by atoms with E-state index in [1.165, 1.54) is 68.3 Å². The smallest absolute Gasteiger partial charge is 0.496 e. The molecule has 0 atom stereocenters. The molecule has 0 amide bonds. The summed E-state index contributed by atoms with van der Waals surface area (Å²) >= 11 is 3.16. The van der Waals surface area contributed by atoms with Crippen LogP contribution in [-0.4, -0.2) is 64.6 Å². The standard InChI is InChI=1S/C13H9BFNO3.C13H16BNO3.C7H4BrNO.C6H12BO2/c15-10-2-1-3-11(7-10)19-12-4-5-13(14(17)18)9(6-12)8-16;1-12(2)13(3,4)18-14(17-12)11-6-5-10(16)7-9(11)8-15;8-7-2-1-6(10)3-5(7)4-9;1-5(2)6(3,4)9-7-8-5/h1-7,17-18H;5-7,16H,1-4H3;1-3,10H;1-4H3. The van der Waals surface area contributed by atoms with Crippen molar-refractivity contribution in [3.63, 3.8) is 0 Å². The van der Waals surface area contributed by atoms with Crippen LogP contribution in [-0.2, 0) is 18.6 Å². The fraction of sp³-hybridized carbons (Fsp3) is 0.308. The Labute approximate surface area is 336 Å². The quantitative estimate of drug-likeness (QED) is 0.179. The Morgan fingerprint density at radius 2 is 1.20 bits per heavy atom. The van der Waals surface area contributed by atoms with E-state index in [0.717, 1.165) is 0 Å². The maximum atomic E-state index is 13.0. The largest absolute Gasteiger partial charge is 0.508 e. The second-order valence-corrected chi connectivity index (χ2v) is 15.2. The SMILES string of the molecule is CC1(C)OB(c2ccc(O)cc2C#N)OC1(C)C.CC1(C)O[B]OC1(C)C.N#Cc1cc(O)ccc1Br.N#Cc1cc(Oc2cccc(F)c2)ccc1B(O)O. The Morgan fingerprint density at radius 3 is 1.66 bits per heavy atom. The third-order valence-electron chi connectivity index (χ3n) is 9.33. The Kier molecular flexibility index (Phi) is 15.3. The molecular weight excluding hydrogens is 786 g/mol. The van der Waals surface area contributed by atoms with Crippen molar-refractivity contribution in [1.29, 1.82) is 15.8 Å². The highest BCUT2D eigenvalue weighted by Crippen LogP contribution is 2.37. The first kappa shape index (κ1) is 45.5. The van der Waals surface area contributed by atoms with Gasteiger partial charge in [-0.15, -0.1) is 0 Å². The van der Waals surface area contributed by atoms with Gasteiger partial charge in [0.05, 0.1) is 51.2 Å². The number of rotatable bonds is 4. The van der Waals surface area contributed by atoms with E-state index in [1.807, 2.05) is 73.6 Å². The molecule has 0 saturated carbocycles. The van der Waals surface area contributed by atoms with E-state index in [2.05, 4.69) is 15.9 Å². The van der Waals surface area contributed by atoms with Crippen molar-refractivity contribution in [2.75, 3.05) is 0 Å². The minimum absolute atomic E-state index is 0.0619. The number of hydrogen-bond acceptors (Lipinski definition) is 12. The Hall–Kier alpha value is -4.89. The fourth-order valence-electron chi connectivity index (χ4n) is 4.55. The van der Waals surface area contributed by atoms with Gasteiger partial charge in [-0.1, -0.05) is 18.2 Å². The van der Waals surface area contributed by atoms with Crippen LogP contribution in [0.1, 0.15) is 72.1 Å². The Balaban J connectivity index is 0.000000210. The topological polar surface area (TPSA) is 198 Å². The van der Waals surface area contributed by atoms with Crippen LogP contribution in [0.25, 0.3) is 0 Å². The van der Waals surface area contributed by atoms with Gasteiger partial charge in [0.25, 0.3) is 0 Å². The van der Waals surface area contributed by atoms with Gasteiger partial charge in [-0.3, -0.25) is 0 Å². The number of phenols is 2. The minimum atomic E-state index is -1.72. The van der Waals surface area contributed by atoms with E-state index >= 15 is 0 Å². The van der Waals surface area contributed by atoms with E-state index in [-0.39, 0.29) is 33.7 Å². The number of nitrogens with zero attached hydrogens (tertiary/aromatic N) is 3. The lowest BCUT2D eigenvalue weighted by Gasteiger charge is -2.32. The van der Waals surface area contributed by atoms with Crippen LogP contribution in [0.3, 0.4) is 0 Å². The first-order valence-corrected chi connectivity index (χ1v) is 17.8. The summed E-state index contributed by atoms with van der Waals surface area (Å²) in [4.78, 5) is 0. The van der Waals surface area contributed by atoms with Gasteiger partial charge in [0.1, 0.15) is 34.9 Å². The van der Waals surface area contributed by atoms with Crippen LogP contribution in [0.4, 0.5) is 4.39 Å². The molecule has 2 heterocycles. The third-order valence-corrected chi connectivity index (χ3v) is 10.0. The molecule has 2 saturated heterocycles. The summed E-state index contributed by atoms with van der Waals surface area (Å²) in [6.07, 6.45) is 0. The van der Waals surface area contributed by atoms with E-state index in [0.29, 0.717) is 32.6 Å². The highest BCUT2D eigenvalue weighted by atomic mass is 79.9. The van der Waals surface area contributed by atoms with Crippen LogP contribution in [0, 0.1) is 39.8 Å². The van der Waals surface area contributed by atoms with E-state index in [9.17, 15) is 9.50 Å². The number of benzene rings is 4. The Bertz CT molecular complexity index is 2100. The Morgan fingerprint density at radius 1 is 0.679 bits per heavy atom. The van der Waals surface area contributed by atoms with Crippen molar-refractivity contribution in [3.05, 3.63) is 106 Å². The minimum Gasteiger partial charge on any atom is -0.508 e. The van der Waals surface area contributed by atoms with Crippen LogP contribution in [0.15, 0.2) is 83.3 Å². The molecule has 2 aliphatic heterocycles. The van der Waals surface area contributed by atoms with Crippen molar-refractivity contribution in [2.45, 2.75) is 77.8 Å². The monoisotopic (exact) mass is 826 g/mol. The molecule has 289 valence electrons. The molecule has 0 bridgehead atoms. The van der Waals surface area contributed by atoms with Crippen molar-refractivity contribution < 1.29 is 48.0 Å². The highest BCUT2D eigenvalue weighted by Gasteiger charge is 2.52. The second-order valence-electron chi connectivity index (χ2n) is 14.4. The molecule has 12 nitrogen and oxygen atoms in total. The lowest BCUT2D eigenvalue weighted by Crippen LogP contribution is -2.41. The number of phenolic OH excluding ortho intramolecular Hbond substituents is 2. The molecule has 56 heavy (non-hydrogen) atoms. The zero-order chi connectivity index (χ0) is 42.1. The zero-order valence-electron chi connectivity index (χ0n) is 32.2. The van der Waals surface area contributed by atoms with Crippen LogP contribution in [0.5, 0.6) is 23.0 Å². The van der Waals surface area contributed by atoms with Crippen molar-refractivity contribution in [2.24, 2.45) is 0 Å². The molecule has 0 unspecified atom stereocenters. The molecule has 4 N–H and O–H groups in total. The van der Waals surface area contributed by atoms with Gasteiger partial charge in [-0.05, 0) is 126 Å². The van der Waals surface area contributed by atoms with Gasteiger partial charge in [0.2, 0.25) is 0 Å². The summed E-state index contributed by atoms with van der Waals surface area (Å²) in [6, 6.07) is 24.8. The van der Waals surface area contributed by atoms with Crippen molar-refractivity contribution in [3.8, 4) is 41.2 Å². The molecule has 17 heteroatoms. The van der Waals surface area contributed by atoms with E-state index in [1.54, 1.807) is 18.2 Å². The number of ether oxygens (including phenoxy) is 1. The lowest BCUT2D eigenvalue weighted by molar-refractivity contribution is 0.00578. The van der Waals surface area contributed by atoms with Crippen LogP contribution >= 0.6 is 15.9 Å². The molecule has 0 aromatic heterocycles. The molecule has 2 aliphatic rings. The number of hydrogen-bond donors (Lipinski definition) is 4. The molecular formula is C39H41B3BrFN3O9. The van der Waals surface area contributed by atoms with Gasteiger partial charge in [0.15, 0.2) is 0 Å². The summed E-state index contributed by atoms with van der Waals surface area (Å²) in [5, 5.41) is 62.9. The van der Waals surface area contributed by atoms with Crippen molar-refractivity contribution >= 4 is 48.8 Å².